The molecule has 2 heterocycles. The number of fused-ring (bicyclic) bond motifs is 1. The Balaban J connectivity index is 1.87. The Morgan fingerprint density at radius 2 is 2.20 bits per heavy atom. The van der Waals surface area contributed by atoms with E-state index >= 15 is 0 Å². The van der Waals surface area contributed by atoms with Crippen LogP contribution in [0, 0.1) is 5.92 Å². The van der Waals surface area contributed by atoms with Crippen LogP contribution in [0.1, 0.15) is 32.6 Å². The number of alkyl halides is 1. The normalized spacial score (nSPS) is 26.6. The zero-order chi connectivity index (χ0) is 14.0. The second-order valence-electron chi connectivity index (χ2n) is 5.84. The van der Waals surface area contributed by atoms with Crippen molar-refractivity contribution >= 4 is 28.6 Å². The van der Waals surface area contributed by atoms with Crippen molar-refractivity contribution in [3.05, 3.63) is 24.5 Å². The molecule has 0 aliphatic heterocycles. The summed E-state index contributed by atoms with van der Waals surface area (Å²) >= 11 is 6.25. The van der Waals surface area contributed by atoms with Gasteiger partial charge in [-0.3, -0.25) is 4.98 Å². The van der Waals surface area contributed by atoms with Gasteiger partial charge in [-0.2, -0.15) is 0 Å². The lowest BCUT2D eigenvalue weighted by atomic mass is 9.77. The number of aromatic nitrogens is 3. The molecule has 0 bridgehead atoms. The molecule has 1 saturated carbocycles. The topological polar surface area (TPSA) is 50.7 Å². The van der Waals surface area contributed by atoms with E-state index in [9.17, 15) is 0 Å². The van der Waals surface area contributed by atoms with Crippen LogP contribution < -0.4 is 5.32 Å². The molecule has 0 spiro atoms. The van der Waals surface area contributed by atoms with Gasteiger partial charge < -0.3 is 5.32 Å². The quantitative estimate of drug-likeness (QED) is 0.877. The SMILES string of the molecule is CC1CCCC(CCl)(Nc2ccc3nccnc3n2)C1. The number of nitrogens with zero attached hydrogens (tertiary/aromatic N) is 3. The van der Waals surface area contributed by atoms with E-state index in [0.29, 0.717) is 17.4 Å². The zero-order valence-electron chi connectivity index (χ0n) is 11.6. The van der Waals surface area contributed by atoms with Gasteiger partial charge >= 0.3 is 0 Å². The van der Waals surface area contributed by atoms with Crippen LogP contribution in [0.15, 0.2) is 24.5 Å². The van der Waals surface area contributed by atoms with Gasteiger partial charge in [0, 0.05) is 18.3 Å². The first-order valence-electron chi connectivity index (χ1n) is 7.13. The van der Waals surface area contributed by atoms with Crippen molar-refractivity contribution in [1.82, 2.24) is 15.0 Å². The molecule has 1 fully saturated rings. The summed E-state index contributed by atoms with van der Waals surface area (Å²) in [5, 5.41) is 3.56. The van der Waals surface area contributed by atoms with Crippen molar-refractivity contribution in [3.8, 4) is 0 Å². The van der Waals surface area contributed by atoms with Gasteiger partial charge in [0.15, 0.2) is 5.65 Å². The molecule has 2 atom stereocenters. The number of nitrogens with one attached hydrogen (secondary N) is 1. The highest BCUT2D eigenvalue weighted by Crippen LogP contribution is 2.35. The number of pyridine rings is 1. The van der Waals surface area contributed by atoms with Gasteiger partial charge in [-0.1, -0.05) is 19.8 Å². The molecule has 5 heteroatoms. The maximum Gasteiger partial charge on any atom is 0.180 e. The molecule has 20 heavy (non-hydrogen) atoms. The highest BCUT2D eigenvalue weighted by atomic mass is 35.5. The molecule has 2 aromatic rings. The first kappa shape index (κ1) is 13.6. The number of hydrogen-bond donors (Lipinski definition) is 1. The molecule has 0 aromatic carbocycles. The highest BCUT2D eigenvalue weighted by Gasteiger charge is 2.34. The van der Waals surface area contributed by atoms with Crippen molar-refractivity contribution in [2.45, 2.75) is 38.1 Å². The Morgan fingerprint density at radius 3 is 3.00 bits per heavy atom. The largest absolute Gasteiger partial charge is 0.363 e. The molecule has 106 valence electrons. The van der Waals surface area contributed by atoms with Crippen molar-refractivity contribution in [2.24, 2.45) is 5.92 Å². The molecule has 3 rings (SSSR count). The Labute approximate surface area is 124 Å². The summed E-state index contributed by atoms with van der Waals surface area (Å²) in [5.41, 5.74) is 1.45. The summed E-state index contributed by atoms with van der Waals surface area (Å²) in [4.78, 5) is 13.0. The van der Waals surface area contributed by atoms with E-state index in [-0.39, 0.29) is 5.54 Å². The highest BCUT2D eigenvalue weighted by molar-refractivity contribution is 6.18. The minimum absolute atomic E-state index is 0.0396. The van der Waals surface area contributed by atoms with E-state index < -0.39 is 0 Å². The Bertz CT molecular complexity index is 603. The molecule has 2 unspecified atom stereocenters. The maximum absolute atomic E-state index is 6.25. The molecule has 0 saturated heterocycles. The Kier molecular flexibility index (Phi) is 3.74. The lowest BCUT2D eigenvalue weighted by Crippen LogP contribution is -2.44. The van der Waals surface area contributed by atoms with Crippen LogP contribution in [0.2, 0.25) is 0 Å². The third-order valence-electron chi connectivity index (χ3n) is 4.07. The van der Waals surface area contributed by atoms with Gasteiger partial charge in [0.25, 0.3) is 0 Å². The second-order valence-corrected chi connectivity index (χ2v) is 6.10. The minimum Gasteiger partial charge on any atom is -0.363 e. The average Bonchev–Trinajstić information content (AvgIpc) is 2.47. The third kappa shape index (κ3) is 2.70. The maximum atomic E-state index is 6.25. The number of anilines is 1. The fourth-order valence-electron chi connectivity index (χ4n) is 3.12. The molecular formula is C15H19ClN4. The standard InChI is InChI=1S/C15H19ClN4/c1-11-3-2-6-15(9-11,10-16)20-13-5-4-12-14(19-13)18-8-7-17-12/h4-5,7-8,11H,2-3,6,9-10H2,1H3,(H,18,19,20). The zero-order valence-corrected chi connectivity index (χ0v) is 12.4. The fraction of sp³-hybridized carbons (Fsp3) is 0.533. The molecule has 1 aliphatic rings. The van der Waals surface area contributed by atoms with Crippen LogP contribution in [0.5, 0.6) is 0 Å². The van der Waals surface area contributed by atoms with E-state index in [1.807, 2.05) is 12.1 Å². The minimum atomic E-state index is -0.0396. The summed E-state index contributed by atoms with van der Waals surface area (Å²) in [7, 11) is 0. The monoisotopic (exact) mass is 290 g/mol. The van der Waals surface area contributed by atoms with E-state index in [0.717, 1.165) is 24.2 Å². The van der Waals surface area contributed by atoms with Crippen LogP contribution in [-0.2, 0) is 0 Å². The predicted molar refractivity (Wildman–Crippen MR) is 82.0 cm³/mol. The van der Waals surface area contributed by atoms with Crippen LogP contribution in [0.25, 0.3) is 11.2 Å². The van der Waals surface area contributed by atoms with E-state index in [1.54, 1.807) is 12.4 Å². The molecule has 1 N–H and O–H groups in total. The summed E-state index contributed by atoms with van der Waals surface area (Å²) in [6.45, 7) is 2.29. The smallest absolute Gasteiger partial charge is 0.180 e. The molecule has 4 nitrogen and oxygen atoms in total. The van der Waals surface area contributed by atoms with Crippen LogP contribution in [0.3, 0.4) is 0 Å². The fourth-order valence-corrected chi connectivity index (χ4v) is 3.43. The summed E-state index contributed by atoms with van der Waals surface area (Å²) in [5.74, 6) is 2.15. The lowest BCUT2D eigenvalue weighted by Gasteiger charge is -2.39. The van der Waals surface area contributed by atoms with Gasteiger partial charge in [0.05, 0.1) is 5.54 Å². The van der Waals surface area contributed by atoms with Crippen LogP contribution in [0.4, 0.5) is 5.82 Å². The first-order chi connectivity index (χ1) is 9.71. The van der Waals surface area contributed by atoms with Crippen LogP contribution in [-0.4, -0.2) is 26.4 Å². The van der Waals surface area contributed by atoms with Crippen molar-refractivity contribution in [1.29, 1.82) is 0 Å². The molecule has 0 radical (unpaired) electrons. The van der Waals surface area contributed by atoms with Crippen LogP contribution >= 0.6 is 11.6 Å². The van der Waals surface area contributed by atoms with Crippen molar-refractivity contribution in [2.75, 3.05) is 11.2 Å². The predicted octanol–water partition coefficient (Wildman–Crippen LogP) is 3.62. The number of rotatable bonds is 3. The van der Waals surface area contributed by atoms with E-state index in [4.69, 9.17) is 11.6 Å². The Morgan fingerprint density at radius 1 is 1.35 bits per heavy atom. The van der Waals surface area contributed by atoms with Gasteiger partial charge in [-0.05, 0) is 30.9 Å². The molecule has 0 amide bonds. The summed E-state index contributed by atoms with van der Waals surface area (Å²) in [6.07, 6.45) is 8.04. The third-order valence-corrected chi connectivity index (χ3v) is 4.58. The summed E-state index contributed by atoms with van der Waals surface area (Å²) < 4.78 is 0. The molecular weight excluding hydrogens is 272 g/mol. The molecule has 1 aliphatic carbocycles. The lowest BCUT2D eigenvalue weighted by molar-refractivity contribution is 0.279. The van der Waals surface area contributed by atoms with Crippen molar-refractivity contribution < 1.29 is 0 Å². The van der Waals surface area contributed by atoms with Gasteiger partial charge in [0.1, 0.15) is 11.3 Å². The van der Waals surface area contributed by atoms with Gasteiger partial charge in [-0.25, -0.2) is 9.97 Å². The van der Waals surface area contributed by atoms with Gasteiger partial charge in [0.2, 0.25) is 0 Å². The summed E-state index contributed by atoms with van der Waals surface area (Å²) in [6, 6.07) is 3.91. The average molecular weight is 291 g/mol. The van der Waals surface area contributed by atoms with Gasteiger partial charge in [-0.15, -0.1) is 11.6 Å². The van der Waals surface area contributed by atoms with E-state index in [2.05, 4.69) is 27.2 Å². The second kappa shape index (κ2) is 5.52. The Hall–Kier alpha value is -1.42. The van der Waals surface area contributed by atoms with E-state index in [1.165, 1.54) is 12.8 Å². The first-order valence-corrected chi connectivity index (χ1v) is 7.66. The van der Waals surface area contributed by atoms with Crippen molar-refractivity contribution in [3.63, 3.8) is 0 Å². The molecule has 2 aromatic heterocycles. The number of hydrogen-bond acceptors (Lipinski definition) is 4. The number of halogens is 1.